The second-order valence-corrected chi connectivity index (χ2v) is 4.69. The van der Waals surface area contributed by atoms with Gasteiger partial charge in [0, 0.05) is 6.42 Å². The number of Topliss-reactive ketones (excluding diaryl/α,β-unsaturated/α-hetero) is 2. The van der Waals surface area contributed by atoms with E-state index in [-0.39, 0.29) is 17.5 Å². The summed E-state index contributed by atoms with van der Waals surface area (Å²) in [6, 6.07) is 0. The number of carbonyl (C=O) groups is 2. The summed E-state index contributed by atoms with van der Waals surface area (Å²) in [5.74, 6) is 0.00931. The van der Waals surface area contributed by atoms with Crippen molar-refractivity contribution in [2.45, 2.75) is 45.4 Å². The first-order valence-electron chi connectivity index (χ1n) is 5.16. The summed E-state index contributed by atoms with van der Waals surface area (Å²) in [5, 5.41) is 0. The summed E-state index contributed by atoms with van der Waals surface area (Å²) in [6.07, 6.45) is 6.30. The Balaban J connectivity index is 2.09. The third-order valence-electron chi connectivity index (χ3n) is 3.83. The molecular weight excluding hydrogens is 164 g/mol. The number of ketones is 2. The molecule has 72 valence electrons. The maximum absolute atomic E-state index is 11.4. The van der Waals surface area contributed by atoms with Crippen LogP contribution in [0.1, 0.15) is 45.4 Å². The Labute approximate surface area is 78.7 Å². The van der Waals surface area contributed by atoms with Gasteiger partial charge in [-0.25, -0.2) is 0 Å². The molecule has 0 N–H and O–H groups in total. The molecule has 0 radical (unpaired) electrons. The molecule has 0 heterocycles. The second-order valence-electron chi connectivity index (χ2n) is 4.69. The van der Waals surface area contributed by atoms with Crippen LogP contribution in [-0.4, -0.2) is 11.6 Å². The lowest BCUT2D eigenvalue weighted by atomic mass is 9.58. The van der Waals surface area contributed by atoms with E-state index in [1.807, 2.05) is 0 Å². The van der Waals surface area contributed by atoms with E-state index in [0.717, 1.165) is 12.8 Å². The Morgan fingerprint density at radius 1 is 1.38 bits per heavy atom. The van der Waals surface area contributed by atoms with Crippen molar-refractivity contribution in [2.75, 3.05) is 0 Å². The molecule has 2 heteroatoms. The molecule has 1 spiro atoms. The minimum Gasteiger partial charge on any atom is -0.299 e. The van der Waals surface area contributed by atoms with Gasteiger partial charge in [-0.1, -0.05) is 6.42 Å². The Kier molecular flexibility index (Phi) is 2.01. The first kappa shape index (κ1) is 8.92. The lowest BCUT2D eigenvalue weighted by Gasteiger charge is -2.46. The molecule has 0 bridgehead atoms. The van der Waals surface area contributed by atoms with Crippen LogP contribution in [0.3, 0.4) is 0 Å². The third kappa shape index (κ3) is 1.43. The Morgan fingerprint density at radius 3 is 2.54 bits per heavy atom. The predicted octanol–water partition coefficient (Wildman–Crippen LogP) is 2.11. The molecule has 1 unspecified atom stereocenters. The maximum atomic E-state index is 11.4. The molecule has 2 fully saturated rings. The highest BCUT2D eigenvalue weighted by Crippen LogP contribution is 2.52. The highest BCUT2D eigenvalue weighted by molar-refractivity contribution is 6.01. The largest absolute Gasteiger partial charge is 0.299 e. The molecule has 0 amide bonds. The third-order valence-corrected chi connectivity index (χ3v) is 3.83. The number of hydrogen-bond donors (Lipinski definition) is 0. The van der Waals surface area contributed by atoms with Gasteiger partial charge in [0.1, 0.15) is 11.6 Å². The SMILES string of the molecule is CC(=O)C1CC2(CCC2)CCC1=O. The van der Waals surface area contributed by atoms with Gasteiger partial charge in [-0.2, -0.15) is 0 Å². The highest BCUT2D eigenvalue weighted by Gasteiger charge is 2.45. The minimum absolute atomic E-state index is 0.0796. The zero-order valence-electron chi connectivity index (χ0n) is 8.14. The zero-order chi connectivity index (χ0) is 9.47. The van der Waals surface area contributed by atoms with Crippen LogP contribution in [0, 0.1) is 11.3 Å². The molecule has 0 aromatic heterocycles. The van der Waals surface area contributed by atoms with E-state index in [2.05, 4.69) is 0 Å². The van der Waals surface area contributed by atoms with Crippen molar-refractivity contribution in [2.24, 2.45) is 11.3 Å². The van der Waals surface area contributed by atoms with Crippen molar-refractivity contribution in [1.29, 1.82) is 0 Å². The molecule has 2 saturated carbocycles. The molecular formula is C11H16O2. The first-order valence-corrected chi connectivity index (χ1v) is 5.16. The number of hydrogen-bond acceptors (Lipinski definition) is 2. The second kappa shape index (κ2) is 2.93. The predicted molar refractivity (Wildman–Crippen MR) is 49.3 cm³/mol. The van der Waals surface area contributed by atoms with Crippen molar-refractivity contribution >= 4 is 11.6 Å². The summed E-state index contributed by atoms with van der Waals surface area (Å²) in [5.41, 5.74) is 0.393. The van der Waals surface area contributed by atoms with E-state index in [1.54, 1.807) is 6.92 Å². The van der Waals surface area contributed by atoms with Gasteiger partial charge in [0.15, 0.2) is 0 Å². The summed E-state index contributed by atoms with van der Waals surface area (Å²) < 4.78 is 0. The zero-order valence-corrected chi connectivity index (χ0v) is 8.14. The first-order chi connectivity index (χ1) is 6.13. The van der Waals surface area contributed by atoms with Crippen molar-refractivity contribution in [3.8, 4) is 0 Å². The monoisotopic (exact) mass is 180 g/mol. The van der Waals surface area contributed by atoms with E-state index in [9.17, 15) is 9.59 Å². The minimum atomic E-state index is -0.256. The summed E-state index contributed by atoms with van der Waals surface area (Å²) in [6.45, 7) is 1.56. The van der Waals surface area contributed by atoms with Crippen molar-refractivity contribution in [1.82, 2.24) is 0 Å². The van der Waals surface area contributed by atoms with Gasteiger partial charge >= 0.3 is 0 Å². The molecule has 0 aliphatic heterocycles. The smallest absolute Gasteiger partial charge is 0.143 e. The van der Waals surface area contributed by atoms with Gasteiger partial charge in [0.05, 0.1) is 5.92 Å². The average Bonchev–Trinajstić information content (AvgIpc) is 2.02. The van der Waals surface area contributed by atoms with Gasteiger partial charge in [0.2, 0.25) is 0 Å². The summed E-state index contributed by atoms with van der Waals surface area (Å²) in [7, 11) is 0. The Bertz CT molecular complexity index is 251. The number of rotatable bonds is 1. The van der Waals surface area contributed by atoms with E-state index in [4.69, 9.17) is 0 Å². The van der Waals surface area contributed by atoms with Crippen LogP contribution in [-0.2, 0) is 9.59 Å². The molecule has 1 atom stereocenters. The summed E-state index contributed by atoms with van der Waals surface area (Å²) in [4.78, 5) is 22.7. The molecule has 2 rings (SSSR count). The van der Waals surface area contributed by atoms with Crippen LogP contribution in [0.15, 0.2) is 0 Å². The van der Waals surface area contributed by atoms with E-state index < -0.39 is 0 Å². The Morgan fingerprint density at radius 2 is 2.08 bits per heavy atom. The van der Waals surface area contributed by atoms with Crippen molar-refractivity contribution in [3.63, 3.8) is 0 Å². The van der Waals surface area contributed by atoms with Crippen LogP contribution in [0.5, 0.6) is 0 Å². The lowest BCUT2D eigenvalue weighted by molar-refractivity contribution is -0.138. The normalized spacial score (nSPS) is 31.5. The van der Waals surface area contributed by atoms with Crippen molar-refractivity contribution < 1.29 is 9.59 Å². The molecule has 2 aliphatic rings. The maximum Gasteiger partial charge on any atom is 0.143 e. The number of carbonyl (C=O) groups excluding carboxylic acids is 2. The fourth-order valence-electron chi connectivity index (χ4n) is 2.71. The molecule has 2 aliphatic carbocycles. The fraction of sp³-hybridized carbons (Fsp3) is 0.818. The van der Waals surface area contributed by atoms with Gasteiger partial charge in [-0.15, -0.1) is 0 Å². The molecule has 13 heavy (non-hydrogen) atoms. The van der Waals surface area contributed by atoms with Crippen LogP contribution >= 0.6 is 0 Å². The van der Waals surface area contributed by atoms with Gasteiger partial charge in [-0.05, 0) is 38.0 Å². The molecule has 0 aromatic carbocycles. The van der Waals surface area contributed by atoms with Crippen LogP contribution < -0.4 is 0 Å². The average molecular weight is 180 g/mol. The molecule has 0 saturated heterocycles. The van der Waals surface area contributed by atoms with Gasteiger partial charge < -0.3 is 0 Å². The highest BCUT2D eigenvalue weighted by atomic mass is 16.1. The van der Waals surface area contributed by atoms with Crippen molar-refractivity contribution in [3.05, 3.63) is 0 Å². The quantitative estimate of drug-likeness (QED) is 0.579. The topological polar surface area (TPSA) is 34.1 Å². The van der Waals surface area contributed by atoms with Crippen LogP contribution in [0.4, 0.5) is 0 Å². The van der Waals surface area contributed by atoms with Gasteiger partial charge in [-0.3, -0.25) is 9.59 Å². The van der Waals surface area contributed by atoms with E-state index >= 15 is 0 Å². The standard InChI is InChI=1S/C11H16O2/c1-8(12)9-7-11(4-2-5-11)6-3-10(9)13/h9H,2-7H2,1H3. The molecule has 0 aromatic rings. The van der Waals surface area contributed by atoms with Crippen LogP contribution in [0.2, 0.25) is 0 Å². The van der Waals surface area contributed by atoms with E-state index in [0.29, 0.717) is 11.8 Å². The summed E-state index contributed by atoms with van der Waals surface area (Å²) >= 11 is 0. The van der Waals surface area contributed by atoms with Gasteiger partial charge in [0.25, 0.3) is 0 Å². The lowest BCUT2D eigenvalue weighted by Crippen LogP contribution is -2.41. The van der Waals surface area contributed by atoms with E-state index in [1.165, 1.54) is 19.3 Å². The Hall–Kier alpha value is -0.660. The van der Waals surface area contributed by atoms with Crippen LogP contribution in [0.25, 0.3) is 0 Å². The fourth-order valence-corrected chi connectivity index (χ4v) is 2.71. The molecule has 2 nitrogen and oxygen atoms in total.